The summed E-state index contributed by atoms with van der Waals surface area (Å²) in [6.07, 6.45) is 3.00. The standard InChI is InChI=1S/C19H20FN/c1-4-14-9-16(11-17(20)10-14)19-8-7-18-6-5-15(13(2)3)12-21(18)19/h5-13H,4H2,1-3H3. The summed E-state index contributed by atoms with van der Waals surface area (Å²) >= 11 is 0. The molecule has 0 aliphatic carbocycles. The highest BCUT2D eigenvalue weighted by molar-refractivity contribution is 5.68. The summed E-state index contributed by atoms with van der Waals surface area (Å²) in [4.78, 5) is 0. The molecule has 21 heavy (non-hydrogen) atoms. The van der Waals surface area contributed by atoms with E-state index in [0.29, 0.717) is 5.92 Å². The maximum absolute atomic E-state index is 13.8. The Morgan fingerprint density at radius 1 is 1.05 bits per heavy atom. The first-order chi connectivity index (χ1) is 10.1. The molecule has 0 spiro atoms. The van der Waals surface area contributed by atoms with E-state index in [9.17, 15) is 4.39 Å². The SMILES string of the molecule is CCc1cc(F)cc(-c2ccc3ccc(C(C)C)cn23)c1. The van der Waals surface area contributed by atoms with Crippen molar-refractivity contribution < 1.29 is 4.39 Å². The molecule has 2 heteroatoms. The predicted octanol–water partition coefficient (Wildman–Crippen LogP) is 5.43. The summed E-state index contributed by atoms with van der Waals surface area (Å²) in [5, 5.41) is 0. The molecule has 2 aromatic heterocycles. The van der Waals surface area contributed by atoms with Crippen LogP contribution in [0.5, 0.6) is 0 Å². The maximum Gasteiger partial charge on any atom is 0.124 e. The molecule has 3 aromatic rings. The molecule has 108 valence electrons. The lowest BCUT2D eigenvalue weighted by atomic mass is 10.0. The highest BCUT2D eigenvalue weighted by Crippen LogP contribution is 2.26. The zero-order chi connectivity index (χ0) is 15.0. The molecule has 0 radical (unpaired) electrons. The van der Waals surface area contributed by atoms with Crippen LogP contribution in [0.4, 0.5) is 4.39 Å². The minimum absolute atomic E-state index is 0.167. The van der Waals surface area contributed by atoms with E-state index >= 15 is 0 Å². The lowest BCUT2D eigenvalue weighted by Crippen LogP contribution is -1.95. The summed E-state index contributed by atoms with van der Waals surface area (Å²) in [5.41, 5.74) is 5.43. The van der Waals surface area contributed by atoms with Crippen molar-refractivity contribution in [3.63, 3.8) is 0 Å². The first kappa shape index (κ1) is 13.9. The van der Waals surface area contributed by atoms with Gasteiger partial charge >= 0.3 is 0 Å². The van der Waals surface area contributed by atoms with Crippen molar-refractivity contribution >= 4 is 5.52 Å². The molecule has 0 N–H and O–H groups in total. The van der Waals surface area contributed by atoms with Gasteiger partial charge in [-0.15, -0.1) is 0 Å². The van der Waals surface area contributed by atoms with Crippen molar-refractivity contribution in [2.45, 2.75) is 33.1 Å². The van der Waals surface area contributed by atoms with Crippen LogP contribution in [0.2, 0.25) is 0 Å². The minimum Gasteiger partial charge on any atom is -0.316 e. The van der Waals surface area contributed by atoms with Gasteiger partial charge in [-0.1, -0.05) is 26.8 Å². The third kappa shape index (κ3) is 2.58. The number of pyridine rings is 1. The lowest BCUT2D eigenvalue weighted by molar-refractivity contribution is 0.626. The van der Waals surface area contributed by atoms with Crippen molar-refractivity contribution in [3.8, 4) is 11.3 Å². The number of rotatable bonds is 3. The Morgan fingerprint density at radius 3 is 2.52 bits per heavy atom. The third-order valence-corrected chi connectivity index (χ3v) is 4.00. The van der Waals surface area contributed by atoms with Crippen molar-refractivity contribution in [1.82, 2.24) is 4.40 Å². The fraction of sp³-hybridized carbons (Fsp3) is 0.263. The first-order valence-corrected chi connectivity index (χ1v) is 7.49. The van der Waals surface area contributed by atoms with E-state index in [1.165, 1.54) is 5.56 Å². The highest BCUT2D eigenvalue weighted by atomic mass is 19.1. The molecule has 0 bridgehead atoms. The molecular weight excluding hydrogens is 261 g/mol. The molecule has 0 unspecified atom stereocenters. The molecule has 0 saturated carbocycles. The number of aryl methyl sites for hydroxylation is 1. The smallest absolute Gasteiger partial charge is 0.124 e. The van der Waals surface area contributed by atoms with Crippen LogP contribution >= 0.6 is 0 Å². The average Bonchev–Trinajstić information content (AvgIpc) is 2.89. The van der Waals surface area contributed by atoms with Gasteiger partial charge < -0.3 is 4.40 Å². The number of benzene rings is 1. The molecule has 1 aromatic carbocycles. The van der Waals surface area contributed by atoms with Crippen LogP contribution < -0.4 is 0 Å². The molecule has 0 fully saturated rings. The van der Waals surface area contributed by atoms with Gasteiger partial charge in [-0.05, 0) is 59.9 Å². The molecule has 2 heterocycles. The van der Waals surface area contributed by atoms with E-state index in [-0.39, 0.29) is 5.82 Å². The quantitative estimate of drug-likeness (QED) is 0.603. The Kier molecular flexibility index (Phi) is 3.54. The fourth-order valence-corrected chi connectivity index (χ4v) is 2.70. The van der Waals surface area contributed by atoms with Crippen LogP contribution in [0.1, 0.15) is 37.8 Å². The predicted molar refractivity (Wildman–Crippen MR) is 86.3 cm³/mol. The Morgan fingerprint density at radius 2 is 1.81 bits per heavy atom. The number of halogens is 1. The van der Waals surface area contributed by atoms with Gasteiger partial charge in [-0.2, -0.15) is 0 Å². The zero-order valence-corrected chi connectivity index (χ0v) is 12.7. The molecule has 0 saturated heterocycles. The van der Waals surface area contributed by atoms with Crippen molar-refractivity contribution in [1.29, 1.82) is 0 Å². The van der Waals surface area contributed by atoms with Crippen molar-refractivity contribution in [3.05, 3.63) is 65.6 Å². The van der Waals surface area contributed by atoms with Gasteiger partial charge in [0.05, 0.1) is 5.69 Å². The van der Waals surface area contributed by atoms with E-state index in [2.05, 4.69) is 54.8 Å². The molecule has 0 aliphatic heterocycles. The summed E-state index contributed by atoms with van der Waals surface area (Å²) in [5.74, 6) is 0.308. The largest absolute Gasteiger partial charge is 0.316 e. The van der Waals surface area contributed by atoms with Crippen LogP contribution in [0.25, 0.3) is 16.8 Å². The van der Waals surface area contributed by atoms with Crippen LogP contribution in [-0.4, -0.2) is 4.40 Å². The normalized spacial score (nSPS) is 11.5. The van der Waals surface area contributed by atoms with Crippen molar-refractivity contribution in [2.75, 3.05) is 0 Å². The minimum atomic E-state index is -0.167. The Bertz CT molecular complexity index is 783. The topological polar surface area (TPSA) is 4.41 Å². The van der Waals surface area contributed by atoms with Gasteiger partial charge in [-0.25, -0.2) is 4.39 Å². The second-order valence-corrected chi connectivity index (χ2v) is 5.83. The van der Waals surface area contributed by atoms with Crippen LogP contribution in [0.15, 0.2) is 48.7 Å². The van der Waals surface area contributed by atoms with E-state index in [1.54, 1.807) is 12.1 Å². The van der Waals surface area contributed by atoms with Gasteiger partial charge in [0.2, 0.25) is 0 Å². The summed E-state index contributed by atoms with van der Waals surface area (Å²) in [6, 6.07) is 13.7. The van der Waals surface area contributed by atoms with Gasteiger partial charge in [0.1, 0.15) is 5.82 Å². The number of nitrogens with zero attached hydrogens (tertiary/aromatic N) is 1. The summed E-state index contributed by atoms with van der Waals surface area (Å²) < 4.78 is 16.0. The second kappa shape index (κ2) is 5.36. The Hall–Kier alpha value is -2.09. The maximum atomic E-state index is 13.8. The van der Waals surface area contributed by atoms with Crippen LogP contribution in [0, 0.1) is 5.82 Å². The van der Waals surface area contributed by atoms with E-state index < -0.39 is 0 Å². The number of aromatic nitrogens is 1. The highest BCUT2D eigenvalue weighted by Gasteiger charge is 2.09. The van der Waals surface area contributed by atoms with Crippen molar-refractivity contribution in [2.24, 2.45) is 0 Å². The van der Waals surface area contributed by atoms with E-state index in [1.807, 2.05) is 6.92 Å². The summed E-state index contributed by atoms with van der Waals surface area (Å²) in [7, 11) is 0. The monoisotopic (exact) mass is 281 g/mol. The molecule has 1 nitrogen and oxygen atoms in total. The van der Waals surface area contributed by atoms with E-state index in [0.717, 1.165) is 28.8 Å². The second-order valence-electron chi connectivity index (χ2n) is 5.83. The lowest BCUT2D eigenvalue weighted by Gasteiger charge is -2.10. The van der Waals surface area contributed by atoms with Gasteiger partial charge in [0, 0.05) is 17.3 Å². The van der Waals surface area contributed by atoms with E-state index in [4.69, 9.17) is 0 Å². The average molecular weight is 281 g/mol. The van der Waals surface area contributed by atoms with Crippen LogP contribution in [-0.2, 0) is 6.42 Å². The molecule has 0 aliphatic rings. The molecule has 0 amide bonds. The molecule has 3 rings (SSSR count). The van der Waals surface area contributed by atoms with Gasteiger partial charge in [0.25, 0.3) is 0 Å². The van der Waals surface area contributed by atoms with Crippen LogP contribution in [0.3, 0.4) is 0 Å². The number of hydrogen-bond acceptors (Lipinski definition) is 0. The zero-order valence-electron chi connectivity index (χ0n) is 12.7. The Balaban J connectivity index is 2.20. The number of hydrogen-bond donors (Lipinski definition) is 0. The van der Waals surface area contributed by atoms with Gasteiger partial charge in [-0.3, -0.25) is 0 Å². The fourth-order valence-electron chi connectivity index (χ4n) is 2.70. The first-order valence-electron chi connectivity index (χ1n) is 7.49. The van der Waals surface area contributed by atoms with Gasteiger partial charge in [0.15, 0.2) is 0 Å². The molecule has 0 atom stereocenters. The Labute approximate surface area is 125 Å². The third-order valence-electron chi connectivity index (χ3n) is 4.00. The molecular formula is C19H20FN. The summed E-state index contributed by atoms with van der Waals surface area (Å²) in [6.45, 7) is 6.41. The number of fused-ring (bicyclic) bond motifs is 1.